The molecular weight excluding hydrogens is 296 g/mol. The number of hydrogen-bond donors (Lipinski definition) is 1. The van der Waals surface area contributed by atoms with Crippen LogP contribution < -0.4 is 5.32 Å². The summed E-state index contributed by atoms with van der Waals surface area (Å²) < 4.78 is 8.83. The van der Waals surface area contributed by atoms with Gasteiger partial charge in [0, 0.05) is 25.5 Å². The Morgan fingerprint density at radius 1 is 1.41 bits per heavy atom. The fraction of sp³-hybridized carbons (Fsp3) is 0.375. The van der Waals surface area contributed by atoms with Gasteiger partial charge < -0.3 is 10.1 Å². The van der Waals surface area contributed by atoms with Crippen molar-refractivity contribution in [3.8, 4) is 0 Å². The lowest BCUT2D eigenvalue weighted by molar-refractivity contribution is 0.0940. The molecule has 0 unspecified atom stereocenters. The van der Waals surface area contributed by atoms with Crippen molar-refractivity contribution >= 4 is 27.2 Å². The Morgan fingerprint density at radius 3 is 3.32 bits per heavy atom. The molecule has 1 fully saturated rings. The van der Waals surface area contributed by atoms with E-state index in [-0.39, 0.29) is 0 Å². The fourth-order valence-electron chi connectivity index (χ4n) is 2.74. The van der Waals surface area contributed by atoms with Crippen LogP contribution in [0.3, 0.4) is 0 Å². The van der Waals surface area contributed by atoms with Crippen molar-refractivity contribution in [1.29, 1.82) is 0 Å². The van der Waals surface area contributed by atoms with Gasteiger partial charge in [-0.15, -0.1) is 11.3 Å². The molecule has 114 valence electrons. The molecule has 0 radical (unpaired) electrons. The summed E-state index contributed by atoms with van der Waals surface area (Å²) in [6, 6.07) is 4.24. The molecule has 0 saturated carbocycles. The molecule has 4 heterocycles. The van der Waals surface area contributed by atoms with Crippen molar-refractivity contribution in [2.75, 3.05) is 11.9 Å². The zero-order chi connectivity index (χ0) is 14.8. The highest BCUT2D eigenvalue weighted by molar-refractivity contribution is 7.17. The van der Waals surface area contributed by atoms with Crippen LogP contribution in [0.5, 0.6) is 0 Å². The van der Waals surface area contributed by atoms with Crippen molar-refractivity contribution in [2.45, 2.75) is 32.0 Å². The summed E-state index contributed by atoms with van der Waals surface area (Å²) in [7, 11) is 0. The van der Waals surface area contributed by atoms with Crippen LogP contribution in [0.2, 0.25) is 0 Å². The van der Waals surface area contributed by atoms with Gasteiger partial charge in [0.2, 0.25) is 0 Å². The molecule has 0 aromatic carbocycles. The van der Waals surface area contributed by atoms with Crippen molar-refractivity contribution in [2.24, 2.45) is 0 Å². The first-order valence-corrected chi connectivity index (χ1v) is 8.45. The maximum atomic E-state index is 5.64. The molecule has 1 atom stereocenters. The van der Waals surface area contributed by atoms with Gasteiger partial charge in [0.1, 0.15) is 0 Å². The van der Waals surface area contributed by atoms with Crippen molar-refractivity contribution < 1.29 is 4.74 Å². The molecule has 0 amide bonds. The summed E-state index contributed by atoms with van der Waals surface area (Å²) in [5.74, 6) is 0. The Hall–Kier alpha value is -1.92. The van der Waals surface area contributed by atoms with E-state index in [0.29, 0.717) is 6.10 Å². The molecule has 22 heavy (non-hydrogen) atoms. The molecule has 1 aliphatic heterocycles. The van der Waals surface area contributed by atoms with Gasteiger partial charge in [0.05, 0.1) is 34.7 Å². The number of thiophene rings is 1. The molecule has 4 rings (SSSR count). The van der Waals surface area contributed by atoms with Crippen LogP contribution >= 0.6 is 11.3 Å². The van der Waals surface area contributed by atoms with Crippen molar-refractivity contribution in [1.82, 2.24) is 14.8 Å². The first-order valence-electron chi connectivity index (χ1n) is 7.57. The third-order valence-electron chi connectivity index (χ3n) is 3.90. The molecule has 1 saturated heterocycles. The Bertz CT molecular complexity index is 760. The molecule has 0 aliphatic carbocycles. The molecule has 0 spiro atoms. The highest BCUT2D eigenvalue weighted by atomic mass is 32.1. The van der Waals surface area contributed by atoms with Crippen molar-refractivity contribution in [3.63, 3.8) is 0 Å². The lowest BCUT2D eigenvalue weighted by Gasteiger charge is -2.08. The largest absolute Gasteiger partial charge is 0.378 e. The number of aromatic nitrogens is 3. The minimum atomic E-state index is 0.318. The minimum Gasteiger partial charge on any atom is -0.378 e. The van der Waals surface area contributed by atoms with Gasteiger partial charge in [-0.2, -0.15) is 5.10 Å². The lowest BCUT2D eigenvalue weighted by atomic mass is 10.2. The summed E-state index contributed by atoms with van der Waals surface area (Å²) in [6.45, 7) is 2.48. The van der Waals surface area contributed by atoms with E-state index in [0.717, 1.165) is 43.7 Å². The molecule has 1 aliphatic rings. The Labute approximate surface area is 132 Å². The molecule has 0 bridgehead atoms. The molecule has 5 nitrogen and oxygen atoms in total. The predicted molar refractivity (Wildman–Crippen MR) is 88.1 cm³/mol. The van der Waals surface area contributed by atoms with E-state index in [9.17, 15) is 0 Å². The van der Waals surface area contributed by atoms with E-state index in [2.05, 4.69) is 26.8 Å². The van der Waals surface area contributed by atoms with E-state index in [1.165, 1.54) is 10.3 Å². The monoisotopic (exact) mass is 314 g/mol. The van der Waals surface area contributed by atoms with Crippen LogP contribution in [-0.2, 0) is 17.8 Å². The molecular formula is C16H18N4OS. The van der Waals surface area contributed by atoms with E-state index in [4.69, 9.17) is 4.74 Å². The number of pyridine rings is 1. The number of hydrogen-bond acceptors (Lipinski definition) is 5. The number of fused-ring (bicyclic) bond motifs is 1. The van der Waals surface area contributed by atoms with Gasteiger partial charge in [-0.1, -0.05) is 0 Å². The van der Waals surface area contributed by atoms with Gasteiger partial charge in [0.15, 0.2) is 0 Å². The average Bonchev–Trinajstić information content (AvgIpc) is 3.27. The van der Waals surface area contributed by atoms with E-state index >= 15 is 0 Å². The Balaban J connectivity index is 1.37. The van der Waals surface area contributed by atoms with Crippen LogP contribution in [-0.4, -0.2) is 27.5 Å². The summed E-state index contributed by atoms with van der Waals surface area (Å²) in [5, 5.41) is 9.87. The van der Waals surface area contributed by atoms with E-state index in [1.807, 2.05) is 29.3 Å². The number of ether oxygens (including phenoxy) is 1. The Kier molecular flexibility index (Phi) is 3.78. The normalized spacial score (nSPS) is 18.1. The quantitative estimate of drug-likeness (QED) is 0.785. The zero-order valence-electron chi connectivity index (χ0n) is 12.2. The summed E-state index contributed by atoms with van der Waals surface area (Å²) in [5.41, 5.74) is 3.28. The maximum absolute atomic E-state index is 5.64. The standard InChI is InChI=1S/C16H18N4OS/c1-2-14(21-4-1)11-20-10-13(9-19-20)17-7-12-6-16-15(18-8-12)3-5-22-16/h3,5-6,8-10,14,17H,1-2,4,7,11H2/t14-/m0/s1. The third kappa shape index (κ3) is 2.98. The van der Waals surface area contributed by atoms with Gasteiger partial charge >= 0.3 is 0 Å². The van der Waals surface area contributed by atoms with E-state index < -0.39 is 0 Å². The molecule has 1 N–H and O–H groups in total. The molecule has 3 aromatic heterocycles. The van der Waals surface area contributed by atoms with Crippen LogP contribution in [0.25, 0.3) is 10.2 Å². The van der Waals surface area contributed by atoms with Crippen molar-refractivity contribution in [3.05, 3.63) is 41.7 Å². The summed E-state index contributed by atoms with van der Waals surface area (Å²) in [4.78, 5) is 4.46. The van der Waals surface area contributed by atoms with Gasteiger partial charge in [-0.25, -0.2) is 0 Å². The predicted octanol–water partition coefficient (Wildman–Crippen LogP) is 3.28. The zero-order valence-corrected chi connectivity index (χ0v) is 13.1. The minimum absolute atomic E-state index is 0.318. The first kappa shape index (κ1) is 13.7. The van der Waals surface area contributed by atoms with Gasteiger partial charge in [0.25, 0.3) is 0 Å². The fourth-order valence-corrected chi connectivity index (χ4v) is 3.54. The molecule has 6 heteroatoms. The second kappa shape index (κ2) is 6.06. The number of nitrogens with one attached hydrogen (secondary N) is 1. The maximum Gasteiger partial charge on any atom is 0.0809 e. The molecule has 3 aromatic rings. The highest BCUT2D eigenvalue weighted by Gasteiger charge is 2.16. The highest BCUT2D eigenvalue weighted by Crippen LogP contribution is 2.20. The second-order valence-corrected chi connectivity index (χ2v) is 6.53. The van der Waals surface area contributed by atoms with Gasteiger partial charge in [-0.3, -0.25) is 9.67 Å². The smallest absolute Gasteiger partial charge is 0.0809 e. The average molecular weight is 314 g/mol. The topological polar surface area (TPSA) is 52.0 Å². The van der Waals surface area contributed by atoms with Crippen LogP contribution in [0.4, 0.5) is 5.69 Å². The van der Waals surface area contributed by atoms with Gasteiger partial charge in [-0.05, 0) is 35.9 Å². The number of nitrogens with zero attached hydrogens (tertiary/aromatic N) is 3. The van der Waals surface area contributed by atoms with E-state index in [1.54, 1.807) is 11.3 Å². The SMILES string of the molecule is c1cc2ncc(CNc3cnn(C[C@@H]4CCCO4)c3)cc2s1. The Morgan fingerprint density at radius 2 is 2.41 bits per heavy atom. The lowest BCUT2D eigenvalue weighted by Crippen LogP contribution is -2.15. The number of anilines is 1. The van der Waals surface area contributed by atoms with Crippen LogP contribution in [0, 0.1) is 0 Å². The first-order chi connectivity index (χ1) is 10.9. The second-order valence-electron chi connectivity index (χ2n) is 5.59. The third-order valence-corrected chi connectivity index (χ3v) is 4.76. The van der Waals surface area contributed by atoms with Crippen LogP contribution in [0.1, 0.15) is 18.4 Å². The summed E-state index contributed by atoms with van der Waals surface area (Å²) in [6.07, 6.45) is 8.45. The summed E-state index contributed by atoms with van der Waals surface area (Å²) >= 11 is 1.72. The van der Waals surface area contributed by atoms with Crippen LogP contribution in [0.15, 0.2) is 36.1 Å². The number of rotatable bonds is 5.